The van der Waals surface area contributed by atoms with Gasteiger partial charge in [0, 0.05) is 19.0 Å². The predicted molar refractivity (Wildman–Crippen MR) is 123 cm³/mol. The molecule has 32 heavy (non-hydrogen) atoms. The molecule has 2 aromatic carbocycles. The van der Waals surface area contributed by atoms with E-state index in [1.165, 1.54) is 5.56 Å². The molecule has 1 atom stereocenters. The number of carboxylic acids is 1. The number of benzene rings is 2. The minimum Gasteiger partial charge on any atom is -0.508 e. The van der Waals surface area contributed by atoms with Gasteiger partial charge in [-0.25, -0.2) is 4.79 Å². The van der Waals surface area contributed by atoms with Crippen LogP contribution in [0.2, 0.25) is 0 Å². The standard InChI is InChI=1S/C26H33NO5/c1-2-32-25(29)12-5-6-16-27(17-15-19-8-3-4-11-24(19)28)23-10-7-9-20-18-21(26(30)31)13-14-22(20)23/h3-4,8,11,13-14,18,23,28H,2,5-7,9-10,12,15-17H2,1H3,(H,30,31). The molecular weight excluding hydrogens is 406 g/mol. The number of hydrogen-bond acceptors (Lipinski definition) is 5. The van der Waals surface area contributed by atoms with Crippen LogP contribution in [-0.4, -0.2) is 46.7 Å². The van der Waals surface area contributed by atoms with Crippen LogP contribution in [0.4, 0.5) is 0 Å². The third-order valence-electron chi connectivity index (χ3n) is 6.15. The second-order valence-electron chi connectivity index (χ2n) is 8.30. The summed E-state index contributed by atoms with van der Waals surface area (Å²) in [6.45, 7) is 3.83. The molecule has 0 amide bonds. The zero-order valence-corrected chi connectivity index (χ0v) is 18.8. The molecule has 0 spiro atoms. The van der Waals surface area contributed by atoms with Crippen LogP contribution in [0.25, 0.3) is 0 Å². The molecule has 1 aliphatic carbocycles. The highest BCUT2D eigenvalue weighted by Gasteiger charge is 2.26. The molecule has 0 radical (unpaired) electrons. The maximum atomic E-state index is 11.7. The summed E-state index contributed by atoms with van der Waals surface area (Å²) in [5.41, 5.74) is 3.56. The van der Waals surface area contributed by atoms with Crippen LogP contribution in [0.15, 0.2) is 42.5 Å². The van der Waals surface area contributed by atoms with Crippen LogP contribution in [0, 0.1) is 0 Å². The number of nitrogens with zero attached hydrogens (tertiary/aromatic N) is 1. The first-order valence-corrected chi connectivity index (χ1v) is 11.5. The first kappa shape index (κ1) is 23.8. The van der Waals surface area contributed by atoms with Gasteiger partial charge in [-0.05, 0) is 86.9 Å². The first-order chi connectivity index (χ1) is 15.5. The largest absolute Gasteiger partial charge is 0.508 e. The third kappa shape index (κ3) is 6.33. The number of unbranched alkanes of at least 4 members (excludes halogenated alkanes) is 1. The number of aromatic hydroxyl groups is 1. The zero-order chi connectivity index (χ0) is 22.9. The fraction of sp³-hybridized carbons (Fsp3) is 0.462. The Morgan fingerprint density at radius 1 is 1.12 bits per heavy atom. The van der Waals surface area contributed by atoms with Crippen molar-refractivity contribution in [1.82, 2.24) is 4.90 Å². The summed E-state index contributed by atoms with van der Waals surface area (Å²) in [5.74, 6) is -0.743. The minimum atomic E-state index is -0.898. The molecule has 0 saturated heterocycles. The molecule has 0 saturated carbocycles. The summed E-state index contributed by atoms with van der Waals surface area (Å²) in [6, 6.07) is 13.1. The number of carbonyl (C=O) groups excluding carboxylic acids is 1. The summed E-state index contributed by atoms with van der Waals surface area (Å²) in [6.07, 6.45) is 5.70. The topological polar surface area (TPSA) is 87.1 Å². The van der Waals surface area contributed by atoms with Crippen molar-refractivity contribution in [3.8, 4) is 5.75 Å². The van der Waals surface area contributed by atoms with Gasteiger partial charge in [0.1, 0.15) is 5.75 Å². The molecule has 0 aliphatic heterocycles. The van der Waals surface area contributed by atoms with Crippen molar-refractivity contribution in [2.75, 3.05) is 19.7 Å². The van der Waals surface area contributed by atoms with E-state index in [2.05, 4.69) is 4.90 Å². The lowest BCUT2D eigenvalue weighted by Gasteiger charge is -2.36. The smallest absolute Gasteiger partial charge is 0.335 e. The average molecular weight is 440 g/mol. The number of carbonyl (C=O) groups is 2. The molecule has 0 heterocycles. The monoisotopic (exact) mass is 439 g/mol. The van der Waals surface area contributed by atoms with E-state index in [-0.39, 0.29) is 12.0 Å². The number of ether oxygens (including phenoxy) is 1. The lowest BCUT2D eigenvalue weighted by atomic mass is 9.85. The SMILES string of the molecule is CCOC(=O)CCCCN(CCc1ccccc1O)C1CCCc2cc(C(=O)O)ccc21. The van der Waals surface area contributed by atoms with Crippen LogP contribution in [0.1, 0.15) is 72.1 Å². The lowest BCUT2D eigenvalue weighted by molar-refractivity contribution is -0.143. The van der Waals surface area contributed by atoms with Gasteiger partial charge in [-0.2, -0.15) is 0 Å². The molecule has 0 bridgehead atoms. The summed E-state index contributed by atoms with van der Waals surface area (Å²) in [7, 11) is 0. The van der Waals surface area contributed by atoms with Gasteiger partial charge in [0.2, 0.25) is 0 Å². The Morgan fingerprint density at radius 2 is 1.94 bits per heavy atom. The van der Waals surface area contributed by atoms with Crippen LogP contribution in [0.3, 0.4) is 0 Å². The predicted octanol–water partition coefficient (Wildman–Crippen LogP) is 4.75. The van der Waals surface area contributed by atoms with E-state index in [9.17, 15) is 19.8 Å². The Hall–Kier alpha value is -2.86. The molecule has 6 nitrogen and oxygen atoms in total. The molecule has 0 fully saturated rings. The number of carboxylic acid groups (broad SMARTS) is 1. The molecule has 1 unspecified atom stereocenters. The lowest BCUT2D eigenvalue weighted by Crippen LogP contribution is -2.34. The van der Waals surface area contributed by atoms with Crippen LogP contribution >= 0.6 is 0 Å². The van der Waals surface area contributed by atoms with Crippen molar-refractivity contribution < 1.29 is 24.5 Å². The minimum absolute atomic E-state index is 0.155. The fourth-order valence-corrected chi connectivity index (χ4v) is 4.53. The third-order valence-corrected chi connectivity index (χ3v) is 6.15. The molecule has 6 heteroatoms. The van der Waals surface area contributed by atoms with Crippen molar-refractivity contribution in [3.63, 3.8) is 0 Å². The normalized spacial score (nSPS) is 15.4. The molecule has 172 valence electrons. The van der Waals surface area contributed by atoms with Crippen LogP contribution in [0.5, 0.6) is 5.75 Å². The summed E-state index contributed by atoms with van der Waals surface area (Å²) in [4.78, 5) is 25.5. The van der Waals surface area contributed by atoms with Crippen molar-refractivity contribution in [2.24, 2.45) is 0 Å². The highest BCUT2D eigenvalue weighted by Crippen LogP contribution is 2.35. The number of esters is 1. The number of phenolic OH excluding ortho intramolecular Hbond substituents is 1. The van der Waals surface area contributed by atoms with Crippen LogP contribution in [-0.2, 0) is 22.4 Å². The summed E-state index contributed by atoms with van der Waals surface area (Å²) < 4.78 is 5.03. The Labute approximate surface area is 189 Å². The Balaban J connectivity index is 1.73. The number of aromatic carboxylic acids is 1. The van der Waals surface area contributed by atoms with Gasteiger partial charge >= 0.3 is 11.9 Å². The maximum Gasteiger partial charge on any atom is 0.335 e. The average Bonchev–Trinajstić information content (AvgIpc) is 2.79. The second-order valence-corrected chi connectivity index (χ2v) is 8.30. The van der Waals surface area contributed by atoms with Gasteiger partial charge in [-0.1, -0.05) is 24.3 Å². The molecule has 2 N–H and O–H groups in total. The quantitative estimate of drug-likeness (QED) is 0.388. The number of hydrogen-bond donors (Lipinski definition) is 2. The molecule has 0 aromatic heterocycles. The van der Waals surface area contributed by atoms with Crippen molar-refractivity contribution in [3.05, 3.63) is 64.7 Å². The Kier molecular flexibility index (Phi) is 8.68. The van der Waals surface area contributed by atoms with Crippen LogP contribution < -0.4 is 0 Å². The van der Waals surface area contributed by atoms with E-state index < -0.39 is 5.97 Å². The molecule has 1 aliphatic rings. The van der Waals surface area contributed by atoms with Gasteiger partial charge in [-0.15, -0.1) is 0 Å². The zero-order valence-electron chi connectivity index (χ0n) is 18.8. The van der Waals surface area contributed by atoms with Gasteiger partial charge in [-0.3, -0.25) is 9.69 Å². The van der Waals surface area contributed by atoms with Crippen molar-refractivity contribution in [2.45, 2.75) is 57.9 Å². The highest BCUT2D eigenvalue weighted by molar-refractivity contribution is 5.88. The van der Waals surface area contributed by atoms with Gasteiger partial charge in [0.05, 0.1) is 12.2 Å². The van der Waals surface area contributed by atoms with Crippen molar-refractivity contribution in [1.29, 1.82) is 0 Å². The maximum absolute atomic E-state index is 11.7. The van der Waals surface area contributed by atoms with Crippen molar-refractivity contribution >= 4 is 11.9 Å². The molecule has 2 aromatic rings. The first-order valence-electron chi connectivity index (χ1n) is 11.5. The summed E-state index contributed by atoms with van der Waals surface area (Å²) >= 11 is 0. The fourth-order valence-electron chi connectivity index (χ4n) is 4.53. The molecular formula is C26H33NO5. The van der Waals surface area contributed by atoms with Gasteiger partial charge < -0.3 is 14.9 Å². The van der Waals surface area contributed by atoms with E-state index in [1.54, 1.807) is 12.1 Å². The van der Waals surface area contributed by atoms with Gasteiger partial charge in [0.25, 0.3) is 0 Å². The highest BCUT2D eigenvalue weighted by atomic mass is 16.5. The van der Waals surface area contributed by atoms with E-state index >= 15 is 0 Å². The van der Waals surface area contributed by atoms with E-state index in [0.717, 1.165) is 62.7 Å². The molecule has 3 rings (SSSR count). The Bertz CT molecular complexity index is 926. The number of aryl methyl sites for hydroxylation is 1. The second kappa shape index (κ2) is 11.7. The van der Waals surface area contributed by atoms with E-state index in [4.69, 9.17) is 4.74 Å². The number of phenols is 1. The van der Waals surface area contributed by atoms with Gasteiger partial charge in [0.15, 0.2) is 0 Å². The van der Waals surface area contributed by atoms with E-state index in [0.29, 0.717) is 24.3 Å². The summed E-state index contributed by atoms with van der Waals surface area (Å²) in [5, 5.41) is 19.5. The number of para-hydroxylation sites is 1. The van der Waals surface area contributed by atoms with E-state index in [1.807, 2.05) is 37.3 Å². The number of rotatable bonds is 11. The Morgan fingerprint density at radius 3 is 2.69 bits per heavy atom. The number of fused-ring (bicyclic) bond motifs is 1.